The minimum atomic E-state index is 0.419. The molecule has 0 aromatic carbocycles. The van der Waals surface area contributed by atoms with Gasteiger partial charge in [0.1, 0.15) is 12.0 Å². The van der Waals surface area contributed by atoms with Crippen molar-refractivity contribution in [2.75, 3.05) is 7.05 Å². The van der Waals surface area contributed by atoms with Crippen LogP contribution in [0, 0.1) is 5.92 Å². The summed E-state index contributed by atoms with van der Waals surface area (Å²) in [5.41, 5.74) is 0.871. The van der Waals surface area contributed by atoms with Crippen LogP contribution in [0.25, 0.3) is 0 Å². The minimum absolute atomic E-state index is 0.419. The molecule has 0 amide bonds. The van der Waals surface area contributed by atoms with Crippen LogP contribution >= 0.6 is 0 Å². The molecule has 0 spiro atoms. The Labute approximate surface area is 115 Å². The first-order chi connectivity index (χ1) is 9.11. The van der Waals surface area contributed by atoms with Gasteiger partial charge >= 0.3 is 0 Å². The lowest BCUT2D eigenvalue weighted by molar-refractivity contribution is 0.410. The van der Waals surface area contributed by atoms with Crippen molar-refractivity contribution in [1.29, 1.82) is 0 Å². The standard InChI is InChI=1S/C14H26N4O/c1-11(2)6-5-7-12(3)17-14(15-4)16-10-13-8-9-19-18-13/h8-9,11-12H,5-7,10H2,1-4H3,(H2,15,16,17). The summed E-state index contributed by atoms with van der Waals surface area (Å²) in [5, 5.41) is 10.5. The van der Waals surface area contributed by atoms with E-state index in [0.29, 0.717) is 12.6 Å². The second kappa shape index (κ2) is 8.56. The molecule has 0 aliphatic heterocycles. The molecule has 0 saturated carbocycles. The Morgan fingerprint density at radius 1 is 1.37 bits per heavy atom. The fourth-order valence-corrected chi connectivity index (χ4v) is 1.84. The van der Waals surface area contributed by atoms with Crippen LogP contribution in [0.3, 0.4) is 0 Å². The molecule has 1 unspecified atom stereocenters. The monoisotopic (exact) mass is 266 g/mol. The van der Waals surface area contributed by atoms with E-state index in [9.17, 15) is 0 Å². The number of rotatable bonds is 7. The van der Waals surface area contributed by atoms with Crippen LogP contribution in [0.1, 0.15) is 45.7 Å². The van der Waals surface area contributed by atoms with E-state index in [1.807, 2.05) is 6.07 Å². The van der Waals surface area contributed by atoms with Crippen molar-refractivity contribution in [3.05, 3.63) is 18.0 Å². The summed E-state index contributed by atoms with van der Waals surface area (Å²) in [5.74, 6) is 1.58. The predicted molar refractivity (Wildman–Crippen MR) is 78.0 cm³/mol. The van der Waals surface area contributed by atoms with Crippen molar-refractivity contribution >= 4 is 5.96 Å². The fraction of sp³-hybridized carbons (Fsp3) is 0.714. The molecular formula is C14H26N4O. The van der Waals surface area contributed by atoms with Gasteiger partial charge in [-0.1, -0.05) is 31.8 Å². The third-order valence-electron chi connectivity index (χ3n) is 2.95. The van der Waals surface area contributed by atoms with Crippen LogP contribution in [-0.2, 0) is 6.54 Å². The maximum atomic E-state index is 4.79. The Morgan fingerprint density at radius 3 is 2.74 bits per heavy atom. The van der Waals surface area contributed by atoms with E-state index in [0.717, 1.165) is 24.0 Å². The highest BCUT2D eigenvalue weighted by molar-refractivity contribution is 5.79. The highest BCUT2D eigenvalue weighted by atomic mass is 16.5. The number of guanidine groups is 1. The van der Waals surface area contributed by atoms with Crippen molar-refractivity contribution in [3.63, 3.8) is 0 Å². The molecule has 0 aliphatic rings. The van der Waals surface area contributed by atoms with E-state index in [-0.39, 0.29) is 0 Å². The van der Waals surface area contributed by atoms with Gasteiger partial charge in [-0.3, -0.25) is 4.99 Å². The van der Waals surface area contributed by atoms with E-state index < -0.39 is 0 Å². The summed E-state index contributed by atoms with van der Waals surface area (Å²) >= 11 is 0. The van der Waals surface area contributed by atoms with E-state index in [2.05, 4.69) is 41.6 Å². The zero-order valence-electron chi connectivity index (χ0n) is 12.4. The van der Waals surface area contributed by atoms with Crippen LogP contribution in [0.2, 0.25) is 0 Å². The maximum Gasteiger partial charge on any atom is 0.191 e. The molecule has 108 valence electrons. The summed E-state index contributed by atoms with van der Waals surface area (Å²) < 4.78 is 4.79. The Hall–Kier alpha value is -1.52. The van der Waals surface area contributed by atoms with Crippen LogP contribution in [0.4, 0.5) is 0 Å². The van der Waals surface area contributed by atoms with Crippen molar-refractivity contribution in [1.82, 2.24) is 15.8 Å². The zero-order chi connectivity index (χ0) is 14.1. The van der Waals surface area contributed by atoms with Crippen molar-refractivity contribution in [2.24, 2.45) is 10.9 Å². The van der Waals surface area contributed by atoms with Gasteiger partial charge in [-0.15, -0.1) is 0 Å². The van der Waals surface area contributed by atoms with E-state index in [1.54, 1.807) is 13.3 Å². The summed E-state index contributed by atoms with van der Waals surface area (Å²) in [6, 6.07) is 2.26. The number of nitrogens with zero attached hydrogens (tertiary/aromatic N) is 2. The van der Waals surface area contributed by atoms with Gasteiger partial charge in [0, 0.05) is 19.2 Å². The first-order valence-electron chi connectivity index (χ1n) is 6.98. The first kappa shape index (κ1) is 15.5. The summed E-state index contributed by atoms with van der Waals surface area (Å²) in [4.78, 5) is 4.21. The molecule has 1 atom stereocenters. The molecule has 1 rings (SSSR count). The number of hydrogen-bond acceptors (Lipinski definition) is 3. The Bertz CT molecular complexity index is 360. The van der Waals surface area contributed by atoms with E-state index >= 15 is 0 Å². The van der Waals surface area contributed by atoms with E-state index in [1.165, 1.54) is 12.8 Å². The molecular weight excluding hydrogens is 240 g/mol. The van der Waals surface area contributed by atoms with Crippen molar-refractivity contribution < 1.29 is 4.52 Å². The van der Waals surface area contributed by atoms with Crippen LogP contribution in [0.5, 0.6) is 0 Å². The van der Waals surface area contributed by atoms with Gasteiger partial charge in [-0.05, 0) is 19.3 Å². The molecule has 0 saturated heterocycles. The average molecular weight is 266 g/mol. The largest absolute Gasteiger partial charge is 0.364 e. The SMILES string of the molecule is CN=C(NCc1ccon1)NC(C)CCCC(C)C. The molecule has 0 aliphatic carbocycles. The molecule has 1 aromatic heterocycles. The normalized spacial score (nSPS) is 13.6. The topological polar surface area (TPSA) is 62.5 Å². The molecule has 0 fully saturated rings. The molecule has 5 heteroatoms. The fourth-order valence-electron chi connectivity index (χ4n) is 1.84. The second-order valence-electron chi connectivity index (χ2n) is 5.29. The van der Waals surface area contributed by atoms with Crippen LogP contribution in [0.15, 0.2) is 21.8 Å². The predicted octanol–water partition coefficient (Wildman–Crippen LogP) is 2.55. The average Bonchev–Trinajstić information content (AvgIpc) is 2.87. The molecule has 0 radical (unpaired) electrons. The minimum Gasteiger partial charge on any atom is -0.364 e. The lowest BCUT2D eigenvalue weighted by Gasteiger charge is -2.17. The summed E-state index contributed by atoms with van der Waals surface area (Å²) in [7, 11) is 1.78. The summed E-state index contributed by atoms with van der Waals surface area (Å²) in [6.07, 6.45) is 5.24. The van der Waals surface area contributed by atoms with Gasteiger partial charge in [0.15, 0.2) is 5.96 Å². The van der Waals surface area contributed by atoms with Gasteiger partial charge in [0.05, 0.1) is 6.54 Å². The van der Waals surface area contributed by atoms with Gasteiger partial charge in [-0.2, -0.15) is 0 Å². The third-order valence-corrected chi connectivity index (χ3v) is 2.95. The van der Waals surface area contributed by atoms with Crippen LogP contribution in [-0.4, -0.2) is 24.2 Å². The smallest absolute Gasteiger partial charge is 0.191 e. The van der Waals surface area contributed by atoms with Gasteiger partial charge in [0.2, 0.25) is 0 Å². The number of aliphatic imine (C=N–C) groups is 1. The molecule has 5 nitrogen and oxygen atoms in total. The second-order valence-corrected chi connectivity index (χ2v) is 5.29. The molecule has 1 heterocycles. The quantitative estimate of drug-likeness (QED) is 0.588. The Balaban J connectivity index is 2.24. The molecule has 1 aromatic rings. The highest BCUT2D eigenvalue weighted by Gasteiger charge is 2.06. The van der Waals surface area contributed by atoms with Crippen molar-refractivity contribution in [2.45, 2.75) is 52.6 Å². The number of aromatic nitrogens is 1. The first-order valence-corrected chi connectivity index (χ1v) is 6.98. The molecule has 19 heavy (non-hydrogen) atoms. The highest BCUT2D eigenvalue weighted by Crippen LogP contribution is 2.08. The number of nitrogens with one attached hydrogen (secondary N) is 2. The van der Waals surface area contributed by atoms with Crippen LogP contribution < -0.4 is 10.6 Å². The lowest BCUT2D eigenvalue weighted by atomic mass is 10.0. The zero-order valence-corrected chi connectivity index (χ0v) is 12.4. The summed E-state index contributed by atoms with van der Waals surface area (Å²) in [6.45, 7) is 7.32. The van der Waals surface area contributed by atoms with Gasteiger partial charge in [0.25, 0.3) is 0 Å². The number of hydrogen-bond donors (Lipinski definition) is 2. The van der Waals surface area contributed by atoms with Gasteiger partial charge in [-0.25, -0.2) is 0 Å². The van der Waals surface area contributed by atoms with Gasteiger partial charge < -0.3 is 15.2 Å². The third kappa shape index (κ3) is 6.84. The Morgan fingerprint density at radius 2 is 2.16 bits per heavy atom. The maximum absolute atomic E-state index is 4.79. The Kier molecular flexibility index (Phi) is 7.00. The lowest BCUT2D eigenvalue weighted by Crippen LogP contribution is -2.41. The molecule has 2 N–H and O–H groups in total. The van der Waals surface area contributed by atoms with Crippen molar-refractivity contribution in [3.8, 4) is 0 Å². The molecule has 0 bridgehead atoms. The van der Waals surface area contributed by atoms with E-state index in [4.69, 9.17) is 4.52 Å².